The molecule has 0 aromatic rings. The Hall–Kier alpha value is 1.40. The van der Waals surface area contributed by atoms with Gasteiger partial charge < -0.3 is 4.74 Å². The summed E-state index contributed by atoms with van der Waals surface area (Å²) in [4.78, 5) is 10.8. The van der Waals surface area contributed by atoms with Crippen molar-refractivity contribution in [3.8, 4) is 6.07 Å². The molecule has 0 saturated heterocycles. The molecule has 2 radical (unpaired) electrons. The molecule has 0 rings (SSSR count). The van der Waals surface area contributed by atoms with Gasteiger partial charge in [0.15, 0.2) is 5.57 Å². The zero-order valence-corrected chi connectivity index (χ0v) is 13.7. The molecular weight excluding hydrogens is 228 g/mol. The fourth-order valence-corrected chi connectivity index (χ4v) is 0.673. The molecule has 0 amide bonds. The van der Waals surface area contributed by atoms with Crippen molar-refractivity contribution in [3.05, 3.63) is 9.81 Å². The minimum Gasteiger partial charge on any atom is -0.462 e. The molecule has 0 spiro atoms. The van der Waals surface area contributed by atoms with Crippen molar-refractivity contribution in [2.45, 2.75) is 6.92 Å². The van der Waals surface area contributed by atoms with Crippen LogP contribution in [0.1, 0.15) is 6.92 Å². The summed E-state index contributed by atoms with van der Waals surface area (Å²) in [7, 11) is 0. The molecule has 0 aromatic carbocycles. The second-order valence-corrected chi connectivity index (χ2v) is 2.78. The van der Waals surface area contributed by atoms with E-state index in [0.29, 0.717) is 0 Å². The predicted molar refractivity (Wildman–Crippen MR) is 58.8 cm³/mol. The molecule has 0 N–H and O–H groups in total. The van der Waals surface area contributed by atoms with Gasteiger partial charge in [-0.2, -0.15) is 5.26 Å². The SMILES string of the molecule is CCOC(=O)C(C#N)=C(S)S.[Na].[Na]. The fourth-order valence-electron chi connectivity index (χ4n) is 0.390. The number of hydrogen-bond acceptors (Lipinski definition) is 5. The van der Waals surface area contributed by atoms with E-state index in [1.807, 2.05) is 0 Å². The first kappa shape index (κ1) is 19.9. The monoisotopic (exact) mass is 235 g/mol. The summed E-state index contributed by atoms with van der Waals surface area (Å²) < 4.78 is 4.61. The van der Waals surface area contributed by atoms with Crippen molar-refractivity contribution < 1.29 is 9.53 Å². The molecule has 13 heavy (non-hydrogen) atoms. The Morgan fingerprint density at radius 2 is 1.92 bits per heavy atom. The normalized spacial score (nSPS) is 6.92. The van der Waals surface area contributed by atoms with E-state index in [-0.39, 0.29) is 75.5 Å². The van der Waals surface area contributed by atoms with Gasteiger partial charge in [-0.15, -0.1) is 25.3 Å². The summed E-state index contributed by atoms with van der Waals surface area (Å²) in [6.07, 6.45) is 0. The zero-order chi connectivity index (χ0) is 8.85. The van der Waals surface area contributed by atoms with Gasteiger partial charge in [0.05, 0.1) is 10.8 Å². The van der Waals surface area contributed by atoms with E-state index in [9.17, 15) is 4.79 Å². The maximum atomic E-state index is 10.8. The first-order valence-corrected chi connectivity index (χ1v) is 3.72. The molecule has 62 valence electrons. The van der Waals surface area contributed by atoms with Crippen molar-refractivity contribution in [2.24, 2.45) is 0 Å². The topological polar surface area (TPSA) is 50.1 Å². The van der Waals surface area contributed by atoms with E-state index in [1.165, 1.54) is 0 Å². The number of carbonyl (C=O) groups excluding carboxylic acids is 1. The smallest absolute Gasteiger partial charge is 0.350 e. The predicted octanol–water partition coefficient (Wildman–Crippen LogP) is 0.383. The number of carbonyl (C=O) groups is 1. The van der Waals surface area contributed by atoms with Crippen LogP contribution in [0.25, 0.3) is 0 Å². The van der Waals surface area contributed by atoms with Crippen molar-refractivity contribution in [1.82, 2.24) is 0 Å². The summed E-state index contributed by atoms with van der Waals surface area (Å²) in [5.41, 5.74) is -0.168. The summed E-state index contributed by atoms with van der Waals surface area (Å²) >= 11 is 7.45. The Morgan fingerprint density at radius 3 is 2.15 bits per heavy atom. The summed E-state index contributed by atoms with van der Waals surface area (Å²) in [5.74, 6) is -0.685. The molecular formula is C6H7NNa2O2S2. The molecule has 0 bridgehead atoms. The van der Waals surface area contributed by atoms with E-state index < -0.39 is 5.97 Å². The van der Waals surface area contributed by atoms with Crippen molar-refractivity contribution in [1.29, 1.82) is 5.26 Å². The number of ether oxygens (including phenoxy) is 1. The molecule has 0 unspecified atom stereocenters. The van der Waals surface area contributed by atoms with Gasteiger partial charge in [-0.05, 0) is 6.92 Å². The Balaban J connectivity index is -0.000000500. The molecule has 0 aromatic heterocycles. The zero-order valence-electron chi connectivity index (χ0n) is 7.87. The average Bonchev–Trinajstić information content (AvgIpc) is 1.88. The Labute approximate surface area is 133 Å². The van der Waals surface area contributed by atoms with Crippen LogP contribution in [0, 0.1) is 11.3 Å². The van der Waals surface area contributed by atoms with Gasteiger partial charge in [-0.25, -0.2) is 4.79 Å². The number of rotatable bonds is 2. The van der Waals surface area contributed by atoms with Gasteiger partial charge >= 0.3 is 5.97 Å². The van der Waals surface area contributed by atoms with E-state index in [4.69, 9.17) is 5.26 Å². The van der Waals surface area contributed by atoms with Crippen molar-refractivity contribution >= 4 is 90.3 Å². The largest absolute Gasteiger partial charge is 0.462 e. The van der Waals surface area contributed by atoms with Crippen LogP contribution in [0.3, 0.4) is 0 Å². The van der Waals surface area contributed by atoms with Crippen LogP contribution >= 0.6 is 25.3 Å². The molecule has 3 nitrogen and oxygen atoms in total. The summed E-state index contributed by atoms with van der Waals surface area (Å²) in [6.45, 7) is 1.89. The minimum absolute atomic E-state index is 0. The molecule has 0 fully saturated rings. The molecule has 0 atom stereocenters. The van der Waals surface area contributed by atoms with Crippen molar-refractivity contribution in [3.63, 3.8) is 0 Å². The third-order valence-electron chi connectivity index (χ3n) is 0.815. The van der Waals surface area contributed by atoms with Crippen molar-refractivity contribution in [2.75, 3.05) is 6.61 Å². The number of nitrogens with zero attached hydrogens (tertiary/aromatic N) is 1. The second kappa shape index (κ2) is 11.5. The van der Waals surface area contributed by atoms with Crippen LogP contribution in [0.5, 0.6) is 0 Å². The second-order valence-electron chi connectivity index (χ2n) is 1.53. The Kier molecular flexibility index (Phi) is 17.6. The molecule has 0 aliphatic rings. The molecule has 0 aliphatic heterocycles. The van der Waals surface area contributed by atoms with Gasteiger partial charge in [0.1, 0.15) is 6.07 Å². The molecule has 0 saturated carbocycles. The van der Waals surface area contributed by atoms with Crippen LogP contribution in [0.4, 0.5) is 0 Å². The van der Waals surface area contributed by atoms with E-state index in [1.54, 1.807) is 13.0 Å². The van der Waals surface area contributed by atoms with Crippen LogP contribution in [0.2, 0.25) is 0 Å². The van der Waals surface area contributed by atoms with Gasteiger partial charge in [-0.3, -0.25) is 0 Å². The van der Waals surface area contributed by atoms with Crippen LogP contribution in [0.15, 0.2) is 9.81 Å². The van der Waals surface area contributed by atoms with Gasteiger partial charge in [0, 0.05) is 59.1 Å². The third-order valence-corrected chi connectivity index (χ3v) is 1.26. The fraction of sp³-hybridized carbons (Fsp3) is 0.333. The van der Waals surface area contributed by atoms with Crippen LogP contribution in [-0.2, 0) is 9.53 Å². The average molecular weight is 235 g/mol. The van der Waals surface area contributed by atoms with E-state index >= 15 is 0 Å². The van der Waals surface area contributed by atoms with Crippen LogP contribution in [-0.4, -0.2) is 71.7 Å². The molecule has 7 heteroatoms. The van der Waals surface area contributed by atoms with Gasteiger partial charge in [0.2, 0.25) is 0 Å². The number of esters is 1. The summed E-state index contributed by atoms with van der Waals surface area (Å²) in [5, 5.41) is 8.39. The van der Waals surface area contributed by atoms with Crippen LogP contribution < -0.4 is 0 Å². The standard InChI is InChI=1S/C6H7NO2S2.2Na/c1-2-9-5(8)4(3-7)6(10)11;;/h10-11H,2H2,1H3;;. The number of thiol groups is 2. The van der Waals surface area contributed by atoms with E-state index in [2.05, 4.69) is 30.0 Å². The Morgan fingerprint density at radius 1 is 1.46 bits per heavy atom. The van der Waals surface area contributed by atoms with Gasteiger partial charge in [-0.1, -0.05) is 0 Å². The summed E-state index contributed by atoms with van der Waals surface area (Å²) in [6, 6.07) is 1.64. The quantitative estimate of drug-likeness (QED) is 0.239. The third kappa shape index (κ3) is 8.40. The number of hydrogen-bond donors (Lipinski definition) is 2. The molecule has 0 heterocycles. The minimum atomic E-state index is -0.685. The van der Waals surface area contributed by atoms with E-state index in [0.717, 1.165) is 0 Å². The maximum absolute atomic E-state index is 10.8. The Bertz CT molecular complexity index is 233. The number of nitriles is 1. The maximum Gasteiger partial charge on any atom is 0.350 e. The first-order chi connectivity index (χ1) is 5.13. The first-order valence-electron chi connectivity index (χ1n) is 2.82. The molecule has 0 aliphatic carbocycles. The van der Waals surface area contributed by atoms with Gasteiger partial charge in [0.25, 0.3) is 0 Å².